The molecule has 0 heterocycles. The summed E-state index contributed by atoms with van der Waals surface area (Å²) in [7, 11) is 0. The largest absolute Gasteiger partial charge is 0.320 e. The second kappa shape index (κ2) is 5.49. The van der Waals surface area contributed by atoms with Crippen molar-refractivity contribution in [1.29, 1.82) is 0 Å². The van der Waals surface area contributed by atoms with Crippen molar-refractivity contribution in [2.75, 3.05) is 0 Å². The van der Waals surface area contributed by atoms with E-state index in [0.717, 1.165) is 12.1 Å². The minimum absolute atomic E-state index is 0.109. The molecule has 7 heteroatoms. The molecule has 0 aliphatic rings. The lowest BCUT2D eigenvalue weighted by Crippen LogP contribution is -2.15. The van der Waals surface area contributed by atoms with E-state index in [-0.39, 0.29) is 15.6 Å². The zero-order chi connectivity index (χ0) is 15.0. The fourth-order valence-electron chi connectivity index (χ4n) is 1.71. The van der Waals surface area contributed by atoms with Crippen LogP contribution >= 0.6 is 15.9 Å². The Morgan fingerprint density at radius 3 is 1.90 bits per heavy atom. The minimum Gasteiger partial charge on any atom is -0.320 e. The quantitative estimate of drug-likeness (QED) is 0.490. The molecule has 0 radical (unpaired) electrons. The Morgan fingerprint density at radius 1 is 0.800 bits per heavy atom. The third kappa shape index (κ3) is 2.69. The van der Waals surface area contributed by atoms with Crippen LogP contribution in [0.1, 0.15) is 17.2 Å². The zero-order valence-electron chi connectivity index (χ0n) is 9.73. The summed E-state index contributed by atoms with van der Waals surface area (Å²) in [5, 5.41) is 0. The number of hydrogen-bond donors (Lipinski definition) is 1. The molecule has 0 saturated heterocycles. The summed E-state index contributed by atoms with van der Waals surface area (Å²) in [5.74, 6) is -6.18. The Bertz CT molecular complexity index is 651. The molecule has 0 fully saturated rings. The number of hydrogen-bond acceptors (Lipinski definition) is 1. The van der Waals surface area contributed by atoms with E-state index in [1.54, 1.807) is 0 Å². The topological polar surface area (TPSA) is 26.0 Å². The van der Waals surface area contributed by atoms with Gasteiger partial charge in [0.15, 0.2) is 17.5 Å². The maximum atomic E-state index is 13.7. The molecule has 106 valence electrons. The molecule has 0 saturated carbocycles. The number of benzene rings is 2. The number of nitrogens with two attached hydrogens (primary N) is 1. The van der Waals surface area contributed by atoms with Crippen LogP contribution in [0.3, 0.4) is 0 Å². The van der Waals surface area contributed by atoms with Gasteiger partial charge >= 0.3 is 0 Å². The van der Waals surface area contributed by atoms with Crippen molar-refractivity contribution < 1.29 is 22.0 Å². The van der Waals surface area contributed by atoms with E-state index < -0.39 is 35.1 Å². The van der Waals surface area contributed by atoms with Gasteiger partial charge in [-0.05, 0) is 45.8 Å². The predicted molar refractivity (Wildman–Crippen MR) is 66.4 cm³/mol. The van der Waals surface area contributed by atoms with Gasteiger partial charge in [0.25, 0.3) is 0 Å². The van der Waals surface area contributed by atoms with E-state index in [0.29, 0.717) is 12.1 Å². The second-order valence-corrected chi connectivity index (χ2v) is 4.92. The van der Waals surface area contributed by atoms with Gasteiger partial charge in [0.2, 0.25) is 0 Å². The molecular formula is C13H7BrF5N. The normalized spacial score (nSPS) is 12.6. The lowest BCUT2D eigenvalue weighted by molar-refractivity contribution is 0.444. The molecule has 0 amide bonds. The Balaban J connectivity index is 2.51. The predicted octanol–water partition coefficient (Wildman–Crippen LogP) is 4.19. The summed E-state index contributed by atoms with van der Waals surface area (Å²) in [6.45, 7) is 0. The molecule has 2 N–H and O–H groups in total. The molecule has 2 aromatic carbocycles. The van der Waals surface area contributed by atoms with Gasteiger partial charge in [-0.1, -0.05) is 0 Å². The van der Waals surface area contributed by atoms with Crippen LogP contribution in [0.25, 0.3) is 0 Å². The molecule has 1 nitrogen and oxygen atoms in total. The fraction of sp³-hybridized carbons (Fsp3) is 0.0769. The summed E-state index contributed by atoms with van der Waals surface area (Å²) < 4.78 is 66.1. The van der Waals surface area contributed by atoms with Crippen LogP contribution in [0.5, 0.6) is 0 Å². The molecule has 0 spiro atoms. The summed E-state index contributed by atoms with van der Waals surface area (Å²) in [6.07, 6.45) is 0. The van der Waals surface area contributed by atoms with Gasteiger partial charge in [-0.25, -0.2) is 22.0 Å². The smallest absolute Gasteiger partial charge is 0.194 e. The van der Waals surface area contributed by atoms with Crippen LogP contribution in [0, 0.1) is 29.1 Å². The molecule has 20 heavy (non-hydrogen) atoms. The molecule has 2 rings (SSSR count). The average molecular weight is 352 g/mol. The Hall–Kier alpha value is -1.47. The summed E-state index contributed by atoms with van der Waals surface area (Å²) in [5.41, 5.74) is 5.14. The first-order valence-electron chi connectivity index (χ1n) is 5.35. The van der Waals surface area contributed by atoms with E-state index in [1.807, 2.05) is 0 Å². The molecule has 0 aliphatic carbocycles. The van der Waals surface area contributed by atoms with Gasteiger partial charge < -0.3 is 5.73 Å². The first-order valence-corrected chi connectivity index (χ1v) is 6.15. The van der Waals surface area contributed by atoms with Gasteiger partial charge in [-0.3, -0.25) is 0 Å². The monoisotopic (exact) mass is 351 g/mol. The maximum absolute atomic E-state index is 13.7. The molecule has 0 aromatic heterocycles. The average Bonchev–Trinajstić information content (AvgIpc) is 2.38. The van der Waals surface area contributed by atoms with Crippen molar-refractivity contribution in [3.05, 3.63) is 69.0 Å². The molecule has 2 aromatic rings. The lowest BCUT2D eigenvalue weighted by atomic mass is 9.98. The first kappa shape index (κ1) is 14.9. The molecule has 1 atom stereocenters. The van der Waals surface area contributed by atoms with Crippen LogP contribution in [0.15, 0.2) is 28.7 Å². The highest BCUT2D eigenvalue weighted by atomic mass is 79.9. The highest BCUT2D eigenvalue weighted by molar-refractivity contribution is 9.10. The van der Waals surface area contributed by atoms with Crippen LogP contribution in [0.4, 0.5) is 22.0 Å². The minimum atomic E-state index is -1.65. The lowest BCUT2D eigenvalue weighted by Gasteiger charge is -2.14. The van der Waals surface area contributed by atoms with Crippen molar-refractivity contribution in [1.82, 2.24) is 0 Å². The van der Waals surface area contributed by atoms with Gasteiger partial charge in [0, 0.05) is 5.56 Å². The van der Waals surface area contributed by atoms with Crippen LogP contribution in [0.2, 0.25) is 0 Å². The molecule has 0 aliphatic heterocycles. The Kier molecular flexibility index (Phi) is 4.10. The maximum Gasteiger partial charge on any atom is 0.194 e. The Labute approximate surface area is 119 Å². The fourth-order valence-corrected chi connectivity index (χ4v) is 2.03. The van der Waals surface area contributed by atoms with E-state index in [2.05, 4.69) is 15.9 Å². The van der Waals surface area contributed by atoms with Crippen molar-refractivity contribution in [3.63, 3.8) is 0 Å². The van der Waals surface area contributed by atoms with Gasteiger partial charge in [0.1, 0.15) is 11.6 Å². The van der Waals surface area contributed by atoms with Gasteiger partial charge in [-0.2, -0.15) is 0 Å². The van der Waals surface area contributed by atoms with E-state index >= 15 is 0 Å². The first-order chi connectivity index (χ1) is 9.31. The molecular weight excluding hydrogens is 345 g/mol. The van der Waals surface area contributed by atoms with Crippen molar-refractivity contribution in [2.45, 2.75) is 6.04 Å². The third-order valence-corrected chi connectivity index (χ3v) is 3.35. The van der Waals surface area contributed by atoms with Crippen molar-refractivity contribution >= 4 is 15.9 Å². The number of halogens is 6. The van der Waals surface area contributed by atoms with Crippen LogP contribution in [-0.4, -0.2) is 0 Å². The Morgan fingerprint density at radius 2 is 1.35 bits per heavy atom. The van der Waals surface area contributed by atoms with Gasteiger partial charge in [0.05, 0.1) is 10.5 Å². The van der Waals surface area contributed by atoms with Crippen molar-refractivity contribution in [3.8, 4) is 0 Å². The summed E-state index contributed by atoms with van der Waals surface area (Å²) in [6, 6.07) is 1.61. The summed E-state index contributed by atoms with van der Waals surface area (Å²) in [4.78, 5) is 0. The highest BCUT2D eigenvalue weighted by Crippen LogP contribution is 2.28. The van der Waals surface area contributed by atoms with Gasteiger partial charge in [-0.15, -0.1) is 0 Å². The highest BCUT2D eigenvalue weighted by Gasteiger charge is 2.20. The summed E-state index contributed by atoms with van der Waals surface area (Å²) >= 11 is 2.79. The van der Waals surface area contributed by atoms with E-state index in [9.17, 15) is 22.0 Å². The van der Waals surface area contributed by atoms with Crippen LogP contribution < -0.4 is 5.73 Å². The molecule has 1 unspecified atom stereocenters. The SMILES string of the molecule is NC(c1cc(F)c(F)c(F)c1)c1cc(F)c(Br)cc1F. The van der Waals surface area contributed by atoms with E-state index in [1.165, 1.54) is 0 Å². The molecule has 0 bridgehead atoms. The van der Waals surface area contributed by atoms with Crippen molar-refractivity contribution in [2.24, 2.45) is 5.73 Å². The number of rotatable bonds is 2. The second-order valence-electron chi connectivity index (χ2n) is 4.06. The third-order valence-electron chi connectivity index (χ3n) is 2.74. The standard InChI is InChI=1S/C13H7BrF5N/c14-7-4-8(15)6(3-9(7)16)13(20)5-1-10(17)12(19)11(18)2-5/h1-4,13H,20H2. The van der Waals surface area contributed by atoms with Crippen LogP contribution in [-0.2, 0) is 0 Å². The van der Waals surface area contributed by atoms with E-state index in [4.69, 9.17) is 5.73 Å². The zero-order valence-corrected chi connectivity index (χ0v) is 11.3.